The van der Waals surface area contributed by atoms with E-state index in [1.54, 1.807) is 0 Å². The van der Waals surface area contributed by atoms with Crippen molar-refractivity contribution in [3.05, 3.63) is 54.6 Å². The lowest BCUT2D eigenvalue weighted by Gasteiger charge is -2.02. The molecule has 17 heavy (non-hydrogen) atoms. The van der Waals surface area contributed by atoms with E-state index in [0.717, 1.165) is 0 Å². The van der Waals surface area contributed by atoms with Crippen LogP contribution in [0.15, 0.2) is 58.8 Å². The monoisotopic (exact) mass is 256 g/mol. The van der Waals surface area contributed by atoms with Crippen LogP contribution in [0.25, 0.3) is 21.2 Å². The molecule has 0 radical (unpaired) electrons. The highest BCUT2D eigenvalue weighted by molar-refractivity contribution is 8.00. The Morgan fingerprint density at radius 1 is 0.882 bits per heavy atom. The molecular formula is C15H12S2. The normalized spacial score (nSPS) is 10.9. The molecule has 3 aromatic rings. The van der Waals surface area contributed by atoms with Crippen molar-refractivity contribution in [3.8, 4) is 11.1 Å². The summed E-state index contributed by atoms with van der Waals surface area (Å²) in [7, 11) is 0. The zero-order valence-electron chi connectivity index (χ0n) is 9.51. The fourth-order valence-electron chi connectivity index (χ4n) is 2.04. The molecule has 0 aliphatic rings. The van der Waals surface area contributed by atoms with Crippen molar-refractivity contribution in [2.75, 3.05) is 6.26 Å². The van der Waals surface area contributed by atoms with E-state index in [1.807, 2.05) is 23.1 Å². The van der Waals surface area contributed by atoms with Crippen LogP contribution in [0.5, 0.6) is 0 Å². The number of rotatable bonds is 2. The molecule has 84 valence electrons. The van der Waals surface area contributed by atoms with Crippen LogP contribution in [-0.4, -0.2) is 6.26 Å². The average Bonchev–Trinajstić information content (AvgIpc) is 2.78. The maximum Gasteiger partial charge on any atom is 0.0687 e. The minimum Gasteiger partial charge on any atom is -0.128 e. The van der Waals surface area contributed by atoms with Crippen LogP contribution in [-0.2, 0) is 0 Å². The van der Waals surface area contributed by atoms with Gasteiger partial charge in [-0.05, 0) is 17.9 Å². The highest BCUT2D eigenvalue weighted by Crippen LogP contribution is 2.43. The van der Waals surface area contributed by atoms with Crippen LogP contribution in [0.4, 0.5) is 0 Å². The molecular weight excluding hydrogens is 244 g/mol. The maximum atomic E-state index is 2.22. The third-order valence-electron chi connectivity index (χ3n) is 2.81. The molecule has 0 saturated heterocycles. The Labute approximate surface area is 109 Å². The number of hydrogen-bond donors (Lipinski definition) is 0. The second-order valence-corrected chi connectivity index (χ2v) is 5.96. The van der Waals surface area contributed by atoms with E-state index in [4.69, 9.17) is 0 Å². The fourth-order valence-corrected chi connectivity index (χ4v) is 4.04. The number of thioether (sulfide) groups is 1. The molecule has 0 spiro atoms. The Morgan fingerprint density at radius 2 is 1.59 bits per heavy atom. The Bertz CT molecular complexity index is 638. The summed E-state index contributed by atoms with van der Waals surface area (Å²) in [6.07, 6.45) is 2.15. The Kier molecular flexibility index (Phi) is 2.91. The second-order valence-electron chi connectivity index (χ2n) is 3.83. The van der Waals surface area contributed by atoms with Crippen molar-refractivity contribution < 1.29 is 0 Å². The number of thiophene rings is 1. The Balaban J connectivity index is 2.34. The molecule has 2 heteroatoms. The third kappa shape index (κ3) is 1.88. The van der Waals surface area contributed by atoms with Gasteiger partial charge in [0.25, 0.3) is 0 Å². The van der Waals surface area contributed by atoms with Gasteiger partial charge in [0.2, 0.25) is 0 Å². The first kappa shape index (κ1) is 10.9. The van der Waals surface area contributed by atoms with E-state index < -0.39 is 0 Å². The molecule has 1 aromatic heterocycles. The predicted molar refractivity (Wildman–Crippen MR) is 79.0 cm³/mol. The minimum atomic E-state index is 1.31. The van der Waals surface area contributed by atoms with E-state index >= 15 is 0 Å². The summed E-state index contributed by atoms with van der Waals surface area (Å²) in [6.45, 7) is 0. The molecule has 0 aliphatic carbocycles. The van der Waals surface area contributed by atoms with Crippen molar-refractivity contribution >= 4 is 33.2 Å². The summed E-state index contributed by atoms with van der Waals surface area (Å²) in [4.78, 5) is 0. The van der Waals surface area contributed by atoms with Gasteiger partial charge < -0.3 is 0 Å². The first-order valence-corrected chi connectivity index (χ1v) is 7.55. The van der Waals surface area contributed by atoms with Crippen molar-refractivity contribution in [1.29, 1.82) is 0 Å². The second kappa shape index (κ2) is 4.55. The average molecular weight is 256 g/mol. The molecule has 0 amide bonds. The summed E-state index contributed by atoms with van der Waals surface area (Å²) in [6, 6.07) is 19.3. The highest BCUT2D eigenvalue weighted by atomic mass is 32.2. The number of hydrogen-bond acceptors (Lipinski definition) is 2. The van der Waals surface area contributed by atoms with Gasteiger partial charge in [-0.2, -0.15) is 0 Å². The maximum absolute atomic E-state index is 2.22. The van der Waals surface area contributed by atoms with Gasteiger partial charge in [0, 0.05) is 15.6 Å². The molecule has 0 N–H and O–H groups in total. The number of benzene rings is 2. The van der Waals surface area contributed by atoms with Crippen LogP contribution >= 0.6 is 23.1 Å². The van der Waals surface area contributed by atoms with Gasteiger partial charge >= 0.3 is 0 Å². The van der Waals surface area contributed by atoms with Gasteiger partial charge in [-0.15, -0.1) is 23.1 Å². The van der Waals surface area contributed by atoms with Crippen LogP contribution in [0.3, 0.4) is 0 Å². The van der Waals surface area contributed by atoms with Gasteiger partial charge in [0.15, 0.2) is 0 Å². The number of fused-ring (bicyclic) bond motifs is 1. The molecule has 0 nitrogen and oxygen atoms in total. The zero-order valence-corrected chi connectivity index (χ0v) is 11.1. The molecule has 0 fully saturated rings. The summed E-state index contributed by atoms with van der Waals surface area (Å²) in [5.74, 6) is 0. The van der Waals surface area contributed by atoms with Crippen molar-refractivity contribution in [2.45, 2.75) is 4.21 Å². The van der Waals surface area contributed by atoms with E-state index in [2.05, 4.69) is 60.9 Å². The van der Waals surface area contributed by atoms with E-state index in [0.29, 0.717) is 0 Å². The van der Waals surface area contributed by atoms with E-state index in [1.165, 1.54) is 25.4 Å². The lowest BCUT2D eigenvalue weighted by molar-refractivity contribution is 1.63. The largest absolute Gasteiger partial charge is 0.128 e. The summed E-state index contributed by atoms with van der Waals surface area (Å²) in [5, 5.41) is 1.37. The molecule has 0 bridgehead atoms. The summed E-state index contributed by atoms with van der Waals surface area (Å²) < 4.78 is 2.77. The molecule has 1 heterocycles. The quantitative estimate of drug-likeness (QED) is 0.561. The van der Waals surface area contributed by atoms with E-state index in [-0.39, 0.29) is 0 Å². The topological polar surface area (TPSA) is 0 Å². The molecule has 0 unspecified atom stereocenters. The van der Waals surface area contributed by atoms with Gasteiger partial charge in [-0.1, -0.05) is 48.5 Å². The minimum absolute atomic E-state index is 1.31. The standard InChI is InChI=1S/C15H12S2/c1-16-15-14(11-7-3-2-4-8-11)12-9-5-6-10-13(12)17-15/h2-10H,1H3. The molecule has 0 saturated carbocycles. The van der Waals surface area contributed by atoms with Crippen molar-refractivity contribution in [2.24, 2.45) is 0 Å². The summed E-state index contributed by atoms with van der Waals surface area (Å²) in [5.41, 5.74) is 2.70. The SMILES string of the molecule is CSc1sc2ccccc2c1-c1ccccc1. The van der Waals surface area contributed by atoms with E-state index in [9.17, 15) is 0 Å². The highest BCUT2D eigenvalue weighted by Gasteiger charge is 2.12. The van der Waals surface area contributed by atoms with Gasteiger partial charge in [-0.3, -0.25) is 0 Å². The smallest absolute Gasteiger partial charge is 0.0687 e. The van der Waals surface area contributed by atoms with Crippen LogP contribution in [0, 0.1) is 0 Å². The molecule has 3 rings (SSSR count). The van der Waals surface area contributed by atoms with Crippen molar-refractivity contribution in [1.82, 2.24) is 0 Å². The Morgan fingerprint density at radius 3 is 2.35 bits per heavy atom. The van der Waals surface area contributed by atoms with Gasteiger partial charge in [0.05, 0.1) is 4.21 Å². The first-order valence-electron chi connectivity index (χ1n) is 5.51. The Hall–Kier alpha value is -1.25. The summed E-state index contributed by atoms with van der Waals surface area (Å²) >= 11 is 3.72. The molecule has 2 aromatic carbocycles. The van der Waals surface area contributed by atoms with Gasteiger partial charge in [0.1, 0.15) is 0 Å². The van der Waals surface area contributed by atoms with Crippen LogP contribution < -0.4 is 0 Å². The molecule has 0 aliphatic heterocycles. The molecule has 0 atom stereocenters. The predicted octanol–water partition coefficient (Wildman–Crippen LogP) is 5.29. The van der Waals surface area contributed by atoms with Crippen LogP contribution in [0.1, 0.15) is 0 Å². The lowest BCUT2D eigenvalue weighted by Crippen LogP contribution is -1.76. The lowest BCUT2D eigenvalue weighted by atomic mass is 10.1. The third-order valence-corrected chi connectivity index (χ3v) is 5.10. The first-order chi connectivity index (χ1) is 8.40. The zero-order chi connectivity index (χ0) is 11.7. The van der Waals surface area contributed by atoms with Gasteiger partial charge in [-0.25, -0.2) is 0 Å². The fraction of sp³-hybridized carbons (Fsp3) is 0.0667. The van der Waals surface area contributed by atoms with Crippen LogP contribution in [0.2, 0.25) is 0 Å². The van der Waals surface area contributed by atoms with Crippen molar-refractivity contribution in [3.63, 3.8) is 0 Å².